The van der Waals surface area contributed by atoms with Crippen LogP contribution in [0.4, 0.5) is 0 Å². The van der Waals surface area contributed by atoms with Crippen molar-refractivity contribution in [2.75, 3.05) is 20.8 Å². The predicted molar refractivity (Wildman–Crippen MR) is 76.0 cm³/mol. The topological polar surface area (TPSA) is 21.7 Å². The summed E-state index contributed by atoms with van der Waals surface area (Å²) in [5.74, 6) is 2.38. The first-order valence-electron chi connectivity index (χ1n) is 6.89. The van der Waals surface area contributed by atoms with E-state index in [0.717, 1.165) is 30.9 Å². The van der Waals surface area contributed by atoms with Crippen LogP contribution in [-0.4, -0.2) is 31.2 Å². The molecular weight excluding hydrogens is 262 g/mol. The highest BCUT2D eigenvalue weighted by atomic mass is 35.5. The van der Waals surface area contributed by atoms with Crippen molar-refractivity contribution >= 4 is 11.8 Å². The largest absolute Gasteiger partial charge is 0.493 e. The molecule has 1 fully saturated rings. The maximum atomic E-state index is 6.37. The molecule has 1 aromatic rings. The summed E-state index contributed by atoms with van der Waals surface area (Å²) in [5, 5.41) is 0. The summed E-state index contributed by atoms with van der Waals surface area (Å²) in [5.41, 5.74) is 2.67. The highest BCUT2D eigenvalue weighted by Crippen LogP contribution is 2.42. The van der Waals surface area contributed by atoms with Crippen LogP contribution < -0.4 is 9.47 Å². The van der Waals surface area contributed by atoms with E-state index in [4.69, 9.17) is 21.3 Å². The van der Waals surface area contributed by atoms with E-state index in [-0.39, 0.29) is 0 Å². The van der Waals surface area contributed by atoms with Crippen molar-refractivity contribution in [2.24, 2.45) is 5.92 Å². The van der Waals surface area contributed by atoms with Crippen molar-refractivity contribution in [3.63, 3.8) is 0 Å². The maximum absolute atomic E-state index is 6.37. The molecule has 0 radical (unpaired) electrons. The number of hydrogen-bond acceptors (Lipinski definition) is 3. The number of nitrogens with zero attached hydrogens (tertiary/aromatic N) is 1. The molecule has 104 valence electrons. The fraction of sp³-hybridized carbons (Fsp3) is 0.600. The van der Waals surface area contributed by atoms with Crippen LogP contribution in [0.15, 0.2) is 12.1 Å². The molecule has 1 unspecified atom stereocenters. The van der Waals surface area contributed by atoms with Crippen LogP contribution in [0.2, 0.25) is 0 Å². The Morgan fingerprint density at radius 2 is 2.05 bits per heavy atom. The quantitative estimate of drug-likeness (QED) is 0.778. The fourth-order valence-corrected chi connectivity index (χ4v) is 3.88. The van der Waals surface area contributed by atoms with Crippen molar-refractivity contribution in [1.29, 1.82) is 0 Å². The van der Waals surface area contributed by atoms with Gasteiger partial charge in [-0.25, -0.2) is 4.42 Å². The minimum Gasteiger partial charge on any atom is -0.493 e. The summed E-state index contributed by atoms with van der Waals surface area (Å²) in [4.78, 5) is 0. The van der Waals surface area contributed by atoms with E-state index in [1.165, 1.54) is 24.0 Å². The lowest BCUT2D eigenvalue weighted by Crippen LogP contribution is -2.44. The molecule has 3 rings (SSSR count). The second-order valence-electron chi connectivity index (χ2n) is 5.44. The Morgan fingerprint density at radius 3 is 2.79 bits per heavy atom. The molecule has 1 heterocycles. The van der Waals surface area contributed by atoms with Crippen molar-refractivity contribution < 1.29 is 9.47 Å². The minimum atomic E-state index is 0.473. The molecule has 1 aliphatic carbocycles. The zero-order valence-electron chi connectivity index (χ0n) is 11.5. The van der Waals surface area contributed by atoms with E-state index in [1.807, 2.05) is 10.5 Å². The molecule has 19 heavy (non-hydrogen) atoms. The highest BCUT2D eigenvalue weighted by molar-refractivity contribution is 6.13. The maximum Gasteiger partial charge on any atom is 0.164 e. The van der Waals surface area contributed by atoms with E-state index in [0.29, 0.717) is 12.0 Å². The average Bonchev–Trinajstić information content (AvgIpc) is 2.44. The zero-order chi connectivity index (χ0) is 13.4. The van der Waals surface area contributed by atoms with Gasteiger partial charge in [-0.15, -0.1) is 0 Å². The summed E-state index contributed by atoms with van der Waals surface area (Å²) in [7, 11) is 3.41. The van der Waals surface area contributed by atoms with Gasteiger partial charge in [0, 0.05) is 18.2 Å². The predicted octanol–water partition coefficient (Wildman–Crippen LogP) is 3.04. The number of halogens is 1. The monoisotopic (exact) mass is 281 g/mol. The lowest BCUT2D eigenvalue weighted by Gasteiger charge is -2.41. The Kier molecular flexibility index (Phi) is 3.59. The van der Waals surface area contributed by atoms with E-state index in [9.17, 15) is 0 Å². The summed E-state index contributed by atoms with van der Waals surface area (Å²) in [6.07, 6.45) is 4.51. The van der Waals surface area contributed by atoms with Gasteiger partial charge in [0.2, 0.25) is 0 Å². The molecule has 2 atom stereocenters. The van der Waals surface area contributed by atoms with Crippen molar-refractivity contribution in [2.45, 2.75) is 31.7 Å². The van der Waals surface area contributed by atoms with Crippen LogP contribution in [0.5, 0.6) is 11.5 Å². The second kappa shape index (κ2) is 5.22. The van der Waals surface area contributed by atoms with Gasteiger partial charge in [0.1, 0.15) is 0 Å². The number of methoxy groups -OCH3 is 2. The van der Waals surface area contributed by atoms with E-state index >= 15 is 0 Å². The lowest BCUT2D eigenvalue weighted by atomic mass is 9.76. The van der Waals surface area contributed by atoms with Crippen molar-refractivity contribution in [3.05, 3.63) is 23.3 Å². The molecule has 0 saturated carbocycles. The molecule has 0 amide bonds. The van der Waals surface area contributed by atoms with Gasteiger partial charge in [0.25, 0.3) is 0 Å². The van der Waals surface area contributed by atoms with Gasteiger partial charge < -0.3 is 9.47 Å². The SMILES string of the molecule is COc1ccc2c(c1OC)CC1CCCN(Cl)[C@H]1C2. The summed E-state index contributed by atoms with van der Waals surface area (Å²) in [6, 6.07) is 4.63. The number of hydrogen-bond donors (Lipinski definition) is 0. The fourth-order valence-electron chi connectivity index (χ4n) is 3.53. The molecule has 0 N–H and O–H groups in total. The molecule has 0 bridgehead atoms. The average molecular weight is 282 g/mol. The molecule has 0 spiro atoms. The van der Waals surface area contributed by atoms with E-state index < -0.39 is 0 Å². The first kappa shape index (κ1) is 13.1. The second-order valence-corrected chi connectivity index (χ2v) is 5.87. The van der Waals surface area contributed by atoms with Crippen molar-refractivity contribution in [3.8, 4) is 11.5 Å². The number of ether oxygens (including phenoxy) is 2. The third kappa shape index (κ3) is 2.19. The first-order valence-corrected chi connectivity index (χ1v) is 7.23. The molecule has 4 heteroatoms. The smallest absolute Gasteiger partial charge is 0.164 e. The summed E-state index contributed by atoms with van der Waals surface area (Å²) < 4.78 is 13.0. The normalized spacial score (nSPS) is 26.5. The zero-order valence-corrected chi connectivity index (χ0v) is 12.2. The van der Waals surface area contributed by atoms with Crippen molar-refractivity contribution in [1.82, 2.24) is 4.42 Å². The lowest BCUT2D eigenvalue weighted by molar-refractivity contribution is 0.167. The molecular formula is C15H20ClNO2. The van der Waals surface area contributed by atoms with Crippen LogP contribution in [0.25, 0.3) is 0 Å². The Labute approximate surface area is 119 Å². The van der Waals surface area contributed by atoms with Crippen LogP contribution >= 0.6 is 11.8 Å². The van der Waals surface area contributed by atoms with Gasteiger partial charge >= 0.3 is 0 Å². The van der Waals surface area contributed by atoms with Gasteiger partial charge in [0.05, 0.1) is 14.2 Å². The van der Waals surface area contributed by atoms with Gasteiger partial charge in [-0.3, -0.25) is 0 Å². The highest BCUT2D eigenvalue weighted by Gasteiger charge is 2.36. The Morgan fingerprint density at radius 1 is 1.21 bits per heavy atom. The van der Waals surface area contributed by atoms with Gasteiger partial charge in [-0.05, 0) is 55.0 Å². The number of rotatable bonds is 2. The number of piperidine rings is 1. The summed E-state index contributed by atoms with van der Waals surface area (Å²) in [6.45, 7) is 1.01. The molecule has 1 aliphatic heterocycles. The number of benzene rings is 1. The molecule has 2 aliphatic rings. The van der Waals surface area contributed by atoms with Crippen LogP contribution in [0.1, 0.15) is 24.0 Å². The third-order valence-electron chi connectivity index (χ3n) is 4.49. The Balaban J connectivity index is 1.99. The molecule has 1 aromatic carbocycles. The van der Waals surface area contributed by atoms with Gasteiger partial charge in [-0.2, -0.15) is 0 Å². The Bertz CT molecular complexity index is 477. The number of fused-ring (bicyclic) bond motifs is 2. The van der Waals surface area contributed by atoms with Gasteiger partial charge in [-0.1, -0.05) is 6.07 Å². The van der Waals surface area contributed by atoms with Crippen LogP contribution in [-0.2, 0) is 12.8 Å². The van der Waals surface area contributed by atoms with Crippen LogP contribution in [0.3, 0.4) is 0 Å². The standard InChI is InChI=1S/C15H20ClNO2/c1-18-14-6-5-10-9-13-11(4-3-7-17(13)16)8-12(10)15(14)19-2/h5-6,11,13H,3-4,7-9H2,1-2H3/t11?,13-/m0/s1. The van der Waals surface area contributed by atoms with Gasteiger partial charge in [0.15, 0.2) is 11.5 Å². The Hall–Kier alpha value is -0.930. The molecule has 0 aromatic heterocycles. The van der Waals surface area contributed by atoms with E-state index in [2.05, 4.69) is 6.07 Å². The van der Waals surface area contributed by atoms with E-state index in [1.54, 1.807) is 14.2 Å². The first-order chi connectivity index (χ1) is 9.24. The van der Waals surface area contributed by atoms with Crippen LogP contribution in [0, 0.1) is 5.92 Å². The molecule has 3 nitrogen and oxygen atoms in total. The molecule has 1 saturated heterocycles. The summed E-state index contributed by atoms with van der Waals surface area (Å²) >= 11 is 6.37. The minimum absolute atomic E-state index is 0.473. The third-order valence-corrected chi connectivity index (χ3v) is 4.91.